The molecule has 148 valence electrons. The summed E-state index contributed by atoms with van der Waals surface area (Å²) in [4.78, 5) is 28.5. The summed E-state index contributed by atoms with van der Waals surface area (Å²) in [6.45, 7) is 4.83. The molecule has 0 radical (unpaired) electrons. The van der Waals surface area contributed by atoms with Crippen molar-refractivity contribution in [1.29, 1.82) is 0 Å². The standard InChI is InChI=1S/C22H27N3O3/c1-2-17-5-9-20(10-6-17)25(22(27)24-11-13-28-14-12-24)16-18-3-7-19(8-4-18)21(26)15-23/h3-10H,2,11-16,23H2,1H3. The first-order chi connectivity index (χ1) is 13.6. The molecule has 28 heavy (non-hydrogen) atoms. The topological polar surface area (TPSA) is 75.9 Å². The predicted octanol–water partition coefficient (Wildman–Crippen LogP) is 2.85. The van der Waals surface area contributed by atoms with Crippen LogP contribution in [0.25, 0.3) is 0 Å². The van der Waals surface area contributed by atoms with Crippen LogP contribution < -0.4 is 10.6 Å². The lowest BCUT2D eigenvalue weighted by Gasteiger charge is -2.33. The number of morpholine rings is 1. The normalized spacial score (nSPS) is 14.0. The molecule has 0 bridgehead atoms. The number of rotatable bonds is 6. The van der Waals surface area contributed by atoms with Crippen molar-refractivity contribution in [3.8, 4) is 0 Å². The molecule has 6 nitrogen and oxygen atoms in total. The lowest BCUT2D eigenvalue weighted by molar-refractivity contribution is 0.0548. The number of Topliss-reactive ketones (excluding diaryl/α,β-unsaturated/α-hetero) is 1. The van der Waals surface area contributed by atoms with Crippen molar-refractivity contribution in [3.05, 3.63) is 65.2 Å². The third kappa shape index (κ3) is 4.77. The summed E-state index contributed by atoms with van der Waals surface area (Å²) in [6.07, 6.45) is 0.953. The highest BCUT2D eigenvalue weighted by atomic mass is 16.5. The van der Waals surface area contributed by atoms with E-state index in [2.05, 4.69) is 19.1 Å². The van der Waals surface area contributed by atoms with E-state index < -0.39 is 0 Å². The van der Waals surface area contributed by atoms with E-state index in [-0.39, 0.29) is 18.4 Å². The summed E-state index contributed by atoms with van der Waals surface area (Å²) >= 11 is 0. The van der Waals surface area contributed by atoms with Gasteiger partial charge in [0.1, 0.15) is 0 Å². The molecule has 3 rings (SSSR count). The predicted molar refractivity (Wildman–Crippen MR) is 110 cm³/mol. The van der Waals surface area contributed by atoms with Crippen LogP contribution in [0.1, 0.15) is 28.4 Å². The van der Waals surface area contributed by atoms with Crippen molar-refractivity contribution in [2.24, 2.45) is 5.73 Å². The van der Waals surface area contributed by atoms with Crippen LogP contribution in [0.2, 0.25) is 0 Å². The highest BCUT2D eigenvalue weighted by molar-refractivity contribution is 5.97. The van der Waals surface area contributed by atoms with Crippen molar-refractivity contribution in [2.45, 2.75) is 19.9 Å². The molecule has 0 aromatic heterocycles. The summed E-state index contributed by atoms with van der Waals surface area (Å²) in [7, 11) is 0. The fraction of sp³-hybridized carbons (Fsp3) is 0.364. The van der Waals surface area contributed by atoms with E-state index in [0.717, 1.165) is 17.7 Å². The quantitative estimate of drug-likeness (QED) is 0.781. The Hall–Kier alpha value is -2.70. The Morgan fingerprint density at radius 1 is 1.00 bits per heavy atom. The van der Waals surface area contributed by atoms with Gasteiger partial charge in [-0.1, -0.05) is 43.3 Å². The Bertz CT molecular complexity index is 797. The van der Waals surface area contributed by atoms with Gasteiger partial charge in [-0.15, -0.1) is 0 Å². The van der Waals surface area contributed by atoms with Crippen LogP contribution in [0.5, 0.6) is 0 Å². The number of anilines is 1. The summed E-state index contributed by atoms with van der Waals surface area (Å²) in [5.74, 6) is -0.0945. The van der Waals surface area contributed by atoms with Gasteiger partial charge in [-0.25, -0.2) is 4.79 Å². The monoisotopic (exact) mass is 381 g/mol. The Morgan fingerprint density at radius 3 is 2.18 bits per heavy atom. The van der Waals surface area contributed by atoms with Crippen molar-refractivity contribution < 1.29 is 14.3 Å². The molecule has 1 aliphatic rings. The first-order valence-corrected chi connectivity index (χ1v) is 9.67. The zero-order chi connectivity index (χ0) is 19.9. The minimum atomic E-state index is -0.0945. The summed E-state index contributed by atoms with van der Waals surface area (Å²) in [5, 5.41) is 0. The average molecular weight is 381 g/mol. The second-order valence-corrected chi connectivity index (χ2v) is 6.81. The molecule has 0 unspecified atom stereocenters. The first-order valence-electron chi connectivity index (χ1n) is 9.67. The fourth-order valence-corrected chi connectivity index (χ4v) is 3.20. The molecule has 0 spiro atoms. The lowest BCUT2D eigenvalue weighted by Crippen LogP contribution is -2.48. The first kappa shape index (κ1) is 20.0. The molecule has 2 aromatic rings. The van der Waals surface area contributed by atoms with Crippen LogP contribution in [0.15, 0.2) is 48.5 Å². The molecule has 0 atom stereocenters. The maximum atomic E-state index is 13.2. The van der Waals surface area contributed by atoms with E-state index in [4.69, 9.17) is 10.5 Å². The van der Waals surface area contributed by atoms with Gasteiger partial charge in [0.25, 0.3) is 0 Å². The zero-order valence-electron chi connectivity index (χ0n) is 16.3. The van der Waals surface area contributed by atoms with Gasteiger partial charge in [-0.05, 0) is 29.7 Å². The number of carbonyl (C=O) groups excluding carboxylic acids is 2. The van der Waals surface area contributed by atoms with Gasteiger partial charge >= 0.3 is 6.03 Å². The Kier molecular flexibility index (Phi) is 6.79. The van der Waals surface area contributed by atoms with Gasteiger partial charge in [-0.2, -0.15) is 0 Å². The van der Waals surface area contributed by atoms with Crippen LogP contribution in [-0.2, 0) is 17.7 Å². The van der Waals surface area contributed by atoms with E-state index in [0.29, 0.717) is 38.4 Å². The zero-order valence-corrected chi connectivity index (χ0v) is 16.3. The Labute approximate surface area is 165 Å². The number of urea groups is 1. The van der Waals surface area contributed by atoms with Crippen LogP contribution in [0.3, 0.4) is 0 Å². The second-order valence-electron chi connectivity index (χ2n) is 6.81. The van der Waals surface area contributed by atoms with Gasteiger partial charge in [0.2, 0.25) is 0 Å². The van der Waals surface area contributed by atoms with Crippen molar-refractivity contribution in [2.75, 3.05) is 37.7 Å². The molecule has 6 heteroatoms. The van der Waals surface area contributed by atoms with Crippen LogP contribution in [0, 0.1) is 0 Å². The third-order valence-corrected chi connectivity index (χ3v) is 4.97. The van der Waals surface area contributed by atoms with E-state index in [9.17, 15) is 9.59 Å². The number of carbonyl (C=O) groups is 2. The second kappa shape index (κ2) is 9.48. The van der Waals surface area contributed by atoms with E-state index in [1.807, 2.05) is 29.2 Å². The number of hydrogen-bond donors (Lipinski definition) is 1. The van der Waals surface area contributed by atoms with Gasteiger partial charge in [0.05, 0.1) is 26.3 Å². The molecule has 2 amide bonds. The molecule has 2 N–H and O–H groups in total. The molecular weight excluding hydrogens is 354 g/mol. The number of amides is 2. The van der Waals surface area contributed by atoms with Crippen molar-refractivity contribution in [3.63, 3.8) is 0 Å². The number of nitrogens with zero attached hydrogens (tertiary/aromatic N) is 2. The fourth-order valence-electron chi connectivity index (χ4n) is 3.20. The van der Waals surface area contributed by atoms with Crippen LogP contribution in [0.4, 0.5) is 10.5 Å². The van der Waals surface area contributed by atoms with Gasteiger partial charge in [0, 0.05) is 24.3 Å². The summed E-state index contributed by atoms with van der Waals surface area (Å²) in [6, 6.07) is 15.3. The molecule has 0 saturated carbocycles. The number of benzene rings is 2. The number of nitrogens with two attached hydrogens (primary N) is 1. The van der Waals surface area contributed by atoms with E-state index >= 15 is 0 Å². The molecule has 1 heterocycles. The molecule has 1 fully saturated rings. The minimum absolute atomic E-state index is 0.00916. The van der Waals surface area contributed by atoms with Gasteiger partial charge in [0.15, 0.2) is 5.78 Å². The summed E-state index contributed by atoms with van der Waals surface area (Å²) in [5.41, 5.74) is 9.05. The number of ketones is 1. The summed E-state index contributed by atoms with van der Waals surface area (Å²) < 4.78 is 5.38. The Balaban J connectivity index is 1.84. The molecule has 1 saturated heterocycles. The average Bonchev–Trinajstić information content (AvgIpc) is 2.77. The largest absolute Gasteiger partial charge is 0.378 e. The minimum Gasteiger partial charge on any atom is -0.378 e. The third-order valence-electron chi connectivity index (χ3n) is 4.97. The molecule has 2 aromatic carbocycles. The van der Waals surface area contributed by atoms with Gasteiger partial charge in [-0.3, -0.25) is 9.69 Å². The highest BCUT2D eigenvalue weighted by Crippen LogP contribution is 2.21. The number of ether oxygens (including phenoxy) is 1. The maximum absolute atomic E-state index is 13.2. The van der Waals surface area contributed by atoms with Crippen LogP contribution >= 0.6 is 0 Å². The lowest BCUT2D eigenvalue weighted by atomic mass is 10.1. The highest BCUT2D eigenvalue weighted by Gasteiger charge is 2.24. The number of hydrogen-bond acceptors (Lipinski definition) is 4. The molecule has 0 aliphatic carbocycles. The Morgan fingerprint density at radius 2 is 1.61 bits per heavy atom. The number of aryl methyl sites for hydroxylation is 1. The van der Waals surface area contributed by atoms with E-state index in [1.54, 1.807) is 17.0 Å². The van der Waals surface area contributed by atoms with Gasteiger partial charge < -0.3 is 15.4 Å². The van der Waals surface area contributed by atoms with Crippen LogP contribution in [-0.4, -0.2) is 49.6 Å². The van der Waals surface area contributed by atoms with Crippen molar-refractivity contribution in [1.82, 2.24) is 4.90 Å². The van der Waals surface area contributed by atoms with E-state index in [1.165, 1.54) is 5.56 Å². The molecular formula is C22H27N3O3. The maximum Gasteiger partial charge on any atom is 0.324 e. The van der Waals surface area contributed by atoms with Crippen molar-refractivity contribution >= 4 is 17.5 Å². The smallest absolute Gasteiger partial charge is 0.324 e. The molecule has 1 aliphatic heterocycles. The SMILES string of the molecule is CCc1ccc(N(Cc2ccc(C(=O)CN)cc2)C(=O)N2CCOCC2)cc1.